The molecule has 0 spiro atoms. The van der Waals surface area contributed by atoms with Crippen molar-refractivity contribution in [3.63, 3.8) is 0 Å². The van der Waals surface area contributed by atoms with Gasteiger partial charge in [-0.15, -0.1) is 0 Å². The Balaban J connectivity index is 0. The molecule has 0 radical (unpaired) electrons. The summed E-state index contributed by atoms with van der Waals surface area (Å²) in [6.07, 6.45) is 15.8. The summed E-state index contributed by atoms with van der Waals surface area (Å²) < 4.78 is 21.3. The molecule has 0 aromatic rings. The highest BCUT2D eigenvalue weighted by atomic mass is 16.5. The molecule has 9 N–H and O–H groups in total. The Morgan fingerprint density at radius 2 is 0.808 bits per heavy atom. The first-order valence-electron chi connectivity index (χ1n) is 27.9. The molecule has 0 saturated carbocycles. The van der Waals surface area contributed by atoms with Crippen LogP contribution in [0.2, 0.25) is 0 Å². The molecule has 0 rings (SSSR count). The topological polar surface area (TPSA) is 366 Å². The zero-order chi connectivity index (χ0) is 58.2. The lowest BCUT2D eigenvalue weighted by Gasteiger charge is -2.16. The third kappa shape index (κ3) is 45.4. The van der Waals surface area contributed by atoms with Gasteiger partial charge in [0, 0.05) is 65.5 Å². The smallest absolute Gasteiger partial charge is 0.326 e. The number of aliphatic carboxylic acids is 4. The van der Waals surface area contributed by atoms with Gasteiger partial charge < -0.3 is 66.0 Å². The van der Waals surface area contributed by atoms with Gasteiger partial charge in [0.15, 0.2) is 5.78 Å². The summed E-state index contributed by atoms with van der Waals surface area (Å²) in [6, 6.07) is -2.55. The van der Waals surface area contributed by atoms with E-state index in [-0.39, 0.29) is 130 Å². The first-order chi connectivity index (χ1) is 37.3. The van der Waals surface area contributed by atoms with E-state index in [1.54, 1.807) is 0 Å². The van der Waals surface area contributed by atoms with Crippen molar-refractivity contribution < 1.29 is 93.5 Å². The average molecular weight is 1120 g/mol. The number of ketones is 2. The Kier molecular flexibility index (Phi) is 45.1. The van der Waals surface area contributed by atoms with Gasteiger partial charge in [-0.2, -0.15) is 0 Å². The first kappa shape index (κ1) is 72.4. The number of amides is 5. The van der Waals surface area contributed by atoms with Gasteiger partial charge in [-0.25, -0.2) is 9.59 Å². The van der Waals surface area contributed by atoms with Crippen LogP contribution in [0.4, 0.5) is 0 Å². The van der Waals surface area contributed by atoms with E-state index < -0.39 is 84.3 Å². The monoisotopic (exact) mass is 1120 g/mol. The second-order valence-electron chi connectivity index (χ2n) is 19.5. The molecule has 0 aromatic heterocycles. The van der Waals surface area contributed by atoms with Crippen molar-refractivity contribution >= 4 is 65.0 Å². The highest BCUT2D eigenvalue weighted by Crippen LogP contribution is 2.16. The minimum absolute atomic E-state index is 0. The molecule has 24 nitrogen and oxygen atoms in total. The standard InChI is InChI=1S/C54H93N5O19.H2/c1-40(41(2)60)19-17-18-28-55-46(62)26-23-45(54(73)74)59-49(65)25-22-42(52(69)70)37-43(61)38-77-35-33-76-32-30-57-50(66)39-78-36-34-75-31-29-56-47(63)27-24-44(53(71)72)58-48(64)20-15-13-11-9-7-5-3-4-6-8-10-12-14-16-21-51(67)68;/h40,42,44-45H,3-39H2,1-2H3,(H,55,62)(H,56,63)(H,57,66)(H,58,64)(H,59,65)(H,67,68)(H,69,70)(H,71,72)(H,73,74);1H/t40-,42+,44?,45-;/m0./s1. The summed E-state index contributed by atoms with van der Waals surface area (Å²) in [5.74, 6) is -8.61. The highest BCUT2D eigenvalue weighted by molar-refractivity contribution is 5.87. The number of carbonyl (C=O) groups is 11. The van der Waals surface area contributed by atoms with Crippen LogP contribution in [0.5, 0.6) is 0 Å². The van der Waals surface area contributed by atoms with Crippen LogP contribution in [0.1, 0.15) is 182 Å². The van der Waals surface area contributed by atoms with Crippen LogP contribution >= 0.6 is 0 Å². The number of carboxylic acids is 4. The van der Waals surface area contributed by atoms with Crippen molar-refractivity contribution in [3.05, 3.63) is 0 Å². The molecule has 0 saturated heterocycles. The van der Waals surface area contributed by atoms with Gasteiger partial charge >= 0.3 is 23.9 Å². The second-order valence-corrected chi connectivity index (χ2v) is 19.5. The van der Waals surface area contributed by atoms with Crippen LogP contribution in [0, 0.1) is 11.8 Å². The van der Waals surface area contributed by atoms with E-state index in [9.17, 15) is 68.1 Å². The van der Waals surface area contributed by atoms with Crippen molar-refractivity contribution in [1.82, 2.24) is 26.6 Å². The lowest BCUT2D eigenvalue weighted by Crippen LogP contribution is -2.42. The molecule has 0 heterocycles. The minimum Gasteiger partial charge on any atom is -0.481 e. The molecule has 0 aliphatic carbocycles. The Morgan fingerprint density at radius 3 is 1.27 bits per heavy atom. The van der Waals surface area contributed by atoms with Gasteiger partial charge in [-0.3, -0.25) is 43.2 Å². The van der Waals surface area contributed by atoms with Crippen molar-refractivity contribution in [2.24, 2.45) is 11.8 Å². The van der Waals surface area contributed by atoms with Crippen molar-refractivity contribution in [1.29, 1.82) is 0 Å². The molecule has 0 bridgehead atoms. The fourth-order valence-corrected chi connectivity index (χ4v) is 7.78. The molecular formula is C54H95N5O19. The van der Waals surface area contributed by atoms with Gasteiger partial charge in [-0.05, 0) is 51.9 Å². The normalized spacial score (nSPS) is 12.6. The van der Waals surface area contributed by atoms with Crippen LogP contribution in [0.25, 0.3) is 0 Å². The third-order valence-electron chi connectivity index (χ3n) is 12.6. The zero-order valence-electron chi connectivity index (χ0n) is 46.4. The molecule has 1 unspecified atom stereocenters. The summed E-state index contributed by atoms with van der Waals surface area (Å²) in [4.78, 5) is 131. The molecule has 0 aromatic carbocycles. The van der Waals surface area contributed by atoms with E-state index in [1.165, 1.54) is 39.0 Å². The predicted molar refractivity (Wildman–Crippen MR) is 287 cm³/mol. The van der Waals surface area contributed by atoms with Crippen LogP contribution in [0.15, 0.2) is 0 Å². The number of unbranched alkanes of at least 4 members (excludes halogenated alkanes) is 14. The number of nitrogens with one attached hydrogen (secondary N) is 5. The molecular weight excluding hydrogens is 1020 g/mol. The SMILES string of the molecule is CC(=O)[C@@H](C)CCCCNC(=O)CC[C@H](NC(=O)CC[C@H](CC(=O)COCCOCCNC(=O)COCCOCCNC(=O)CCC(NC(=O)CCCCCCCCCCCCCCCCC(=O)O)C(=O)O)C(=O)O)C(=O)O.[HH]. The highest BCUT2D eigenvalue weighted by Gasteiger charge is 2.26. The number of rotatable bonds is 55. The Bertz CT molecular complexity index is 1780. The van der Waals surface area contributed by atoms with E-state index in [1.807, 2.05) is 6.92 Å². The van der Waals surface area contributed by atoms with Crippen LogP contribution in [-0.4, -0.2) is 170 Å². The number of hydrogen-bond acceptors (Lipinski definition) is 15. The van der Waals surface area contributed by atoms with Crippen molar-refractivity contribution in [2.45, 2.75) is 193 Å². The lowest BCUT2D eigenvalue weighted by atomic mass is 9.97. The number of carbonyl (C=O) groups excluding carboxylic acids is 7. The molecule has 0 aliphatic rings. The largest absolute Gasteiger partial charge is 0.481 e. The number of Topliss-reactive ketones (excluding diaryl/α,β-unsaturated/α-hetero) is 2. The summed E-state index contributed by atoms with van der Waals surface area (Å²) in [5.41, 5.74) is 0. The van der Waals surface area contributed by atoms with Crippen LogP contribution in [-0.2, 0) is 71.7 Å². The maximum atomic E-state index is 12.5. The van der Waals surface area contributed by atoms with Crippen LogP contribution < -0.4 is 26.6 Å². The van der Waals surface area contributed by atoms with Gasteiger partial charge in [0.2, 0.25) is 29.5 Å². The summed E-state index contributed by atoms with van der Waals surface area (Å²) in [6.45, 7) is 3.98. The quantitative estimate of drug-likeness (QED) is 0.0378. The van der Waals surface area contributed by atoms with E-state index in [0.717, 1.165) is 57.8 Å². The zero-order valence-corrected chi connectivity index (χ0v) is 46.4. The van der Waals surface area contributed by atoms with E-state index >= 15 is 0 Å². The maximum absolute atomic E-state index is 12.5. The second kappa shape index (κ2) is 48.5. The molecule has 450 valence electrons. The van der Waals surface area contributed by atoms with Gasteiger partial charge in [0.25, 0.3) is 0 Å². The molecule has 5 amide bonds. The van der Waals surface area contributed by atoms with E-state index in [0.29, 0.717) is 25.8 Å². The summed E-state index contributed by atoms with van der Waals surface area (Å²) in [7, 11) is 0. The third-order valence-corrected chi connectivity index (χ3v) is 12.6. The summed E-state index contributed by atoms with van der Waals surface area (Å²) >= 11 is 0. The number of carboxylic acid groups (broad SMARTS) is 4. The van der Waals surface area contributed by atoms with Crippen molar-refractivity contribution in [2.75, 3.05) is 72.5 Å². The van der Waals surface area contributed by atoms with E-state index in [2.05, 4.69) is 26.6 Å². The maximum Gasteiger partial charge on any atom is 0.326 e. The number of hydrogen-bond donors (Lipinski definition) is 9. The van der Waals surface area contributed by atoms with Gasteiger partial charge in [-0.1, -0.05) is 90.4 Å². The molecule has 4 atom stereocenters. The Morgan fingerprint density at radius 1 is 0.397 bits per heavy atom. The molecule has 24 heteroatoms. The fraction of sp³-hybridized carbons (Fsp3) is 0.796. The lowest BCUT2D eigenvalue weighted by molar-refractivity contribution is -0.145. The first-order valence-corrected chi connectivity index (χ1v) is 27.9. The molecule has 0 fully saturated rings. The minimum atomic E-state index is -1.38. The average Bonchev–Trinajstić information content (AvgIpc) is 3.38. The number of ether oxygens (including phenoxy) is 4. The summed E-state index contributed by atoms with van der Waals surface area (Å²) in [5, 5.41) is 50.0. The van der Waals surface area contributed by atoms with Gasteiger partial charge in [0.1, 0.15) is 31.1 Å². The molecule has 0 aliphatic heterocycles. The Hall–Kier alpha value is -5.59. The van der Waals surface area contributed by atoms with Crippen LogP contribution in [0.3, 0.4) is 0 Å². The predicted octanol–water partition coefficient (Wildman–Crippen LogP) is 4.51. The Labute approximate surface area is 461 Å². The van der Waals surface area contributed by atoms with E-state index in [4.69, 9.17) is 24.1 Å². The van der Waals surface area contributed by atoms with Crippen molar-refractivity contribution in [3.8, 4) is 0 Å². The molecule has 78 heavy (non-hydrogen) atoms. The fourth-order valence-electron chi connectivity index (χ4n) is 7.78. The van der Waals surface area contributed by atoms with Gasteiger partial charge in [0.05, 0.1) is 45.6 Å².